The maximum absolute atomic E-state index is 12.2. The number of benzene rings is 1. The predicted molar refractivity (Wildman–Crippen MR) is 87.0 cm³/mol. The number of carbonyl (C=O) groups is 1. The molecule has 2 N–H and O–H groups in total. The Morgan fingerprint density at radius 2 is 2.23 bits per heavy atom. The highest BCUT2D eigenvalue weighted by molar-refractivity contribution is 6.46. The molecule has 1 amide bonds. The van der Waals surface area contributed by atoms with Crippen LogP contribution in [0, 0.1) is 0 Å². The van der Waals surface area contributed by atoms with E-state index in [-0.39, 0.29) is 18.6 Å². The zero-order chi connectivity index (χ0) is 16.0. The molecular weight excluding hydrogens is 325 g/mol. The number of methoxy groups -OCH3 is 1. The van der Waals surface area contributed by atoms with Crippen LogP contribution in [0.3, 0.4) is 0 Å². The van der Waals surface area contributed by atoms with E-state index in [1.54, 1.807) is 17.2 Å². The summed E-state index contributed by atoms with van der Waals surface area (Å²) in [5.74, 6) is -0.0626. The maximum Gasteiger partial charge on any atom is 0.249 e. The molecule has 2 aromatic rings. The van der Waals surface area contributed by atoms with Gasteiger partial charge in [-0.15, -0.1) is 0 Å². The Morgan fingerprint density at radius 3 is 2.91 bits per heavy atom. The molecule has 5 nitrogen and oxygen atoms in total. The van der Waals surface area contributed by atoms with Gasteiger partial charge in [0, 0.05) is 25.2 Å². The molecule has 0 saturated carbocycles. The van der Waals surface area contributed by atoms with E-state index in [1.165, 1.54) is 7.11 Å². The molecule has 0 spiro atoms. The number of nitrogens with zero attached hydrogens (tertiary/aromatic N) is 2. The predicted octanol–water partition coefficient (Wildman–Crippen LogP) is 3.17. The van der Waals surface area contributed by atoms with Gasteiger partial charge in [-0.25, -0.2) is 0 Å². The van der Waals surface area contributed by atoms with Crippen LogP contribution in [0.25, 0.3) is 10.9 Å². The molecule has 1 aliphatic heterocycles. The lowest BCUT2D eigenvalue weighted by Gasteiger charge is -2.22. The van der Waals surface area contributed by atoms with Gasteiger partial charge in [-0.2, -0.15) is 0 Å². The number of hydrogen-bond acceptors (Lipinski definition) is 4. The third-order valence-corrected chi connectivity index (χ3v) is 4.88. The standard InChI is InChI=1S/C15H15Cl2N3O2/c1-7-12-8(5-20(7)11(21)6-22-2)4-19-15-9(12)3-10(18)13(16)14(15)17/h3-4,7H,5-6,18H2,1-2H3/t7-/m0/s1. The van der Waals surface area contributed by atoms with Crippen LogP contribution in [-0.2, 0) is 16.1 Å². The van der Waals surface area contributed by atoms with Crippen LogP contribution in [0.15, 0.2) is 12.3 Å². The number of carbonyl (C=O) groups excluding carboxylic acids is 1. The lowest BCUT2D eigenvalue weighted by Crippen LogP contribution is -2.31. The summed E-state index contributed by atoms with van der Waals surface area (Å²) < 4.78 is 4.94. The van der Waals surface area contributed by atoms with E-state index in [0.29, 0.717) is 27.8 Å². The maximum atomic E-state index is 12.2. The number of nitrogens with two attached hydrogens (primary N) is 1. The number of pyridine rings is 1. The van der Waals surface area contributed by atoms with Crippen LogP contribution < -0.4 is 5.73 Å². The molecule has 0 bridgehead atoms. The molecule has 1 aromatic carbocycles. The van der Waals surface area contributed by atoms with Crippen molar-refractivity contribution in [3.8, 4) is 0 Å². The van der Waals surface area contributed by atoms with Gasteiger partial charge >= 0.3 is 0 Å². The van der Waals surface area contributed by atoms with Gasteiger partial charge in [0.2, 0.25) is 5.91 Å². The molecule has 116 valence electrons. The van der Waals surface area contributed by atoms with Gasteiger partial charge in [-0.1, -0.05) is 23.2 Å². The Balaban J connectivity index is 2.16. The molecule has 1 aromatic heterocycles. The first-order valence-electron chi connectivity index (χ1n) is 6.79. The molecular formula is C15H15Cl2N3O2. The molecule has 1 aliphatic rings. The van der Waals surface area contributed by atoms with Crippen molar-refractivity contribution in [3.63, 3.8) is 0 Å². The highest BCUT2D eigenvalue weighted by Crippen LogP contribution is 2.42. The van der Waals surface area contributed by atoms with Crippen LogP contribution in [0.5, 0.6) is 0 Å². The zero-order valence-corrected chi connectivity index (χ0v) is 13.7. The van der Waals surface area contributed by atoms with Crippen molar-refractivity contribution < 1.29 is 9.53 Å². The molecule has 0 aliphatic carbocycles. The average Bonchev–Trinajstić information content (AvgIpc) is 2.83. The average molecular weight is 340 g/mol. The number of ether oxygens (including phenoxy) is 1. The fourth-order valence-corrected chi connectivity index (χ4v) is 3.36. The number of aromatic nitrogens is 1. The van der Waals surface area contributed by atoms with Gasteiger partial charge in [-0.3, -0.25) is 9.78 Å². The van der Waals surface area contributed by atoms with Gasteiger partial charge in [0.15, 0.2) is 0 Å². The van der Waals surface area contributed by atoms with Crippen LogP contribution >= 0.6 is 23.2 Å². The quantitative estimate of drug-likeness (QED) is 0.853. The lowest BCUT2D eigenvalue weighted by molar-refractivity contribution is -0.137. The Morgan fingerprint density at radius 1 is 1.50 bits per heavy atom. The van der Waals surface area contributed by atoms with Gasteiger partial charge in [0.1, 0.15) is 6.61 Å². The number of rotatable bonds is 2. The van der Waals surface area contributed by atoms with Crippen molar-refractivity contribution in [1.29, 1.82) is 0 Å². The van der Waals surface area contributed by atoms with E-state index in [2.05, 4.69) is 4.98 Å². The Hall–Kier alpha value is -1.56. The first kappa shape index (κ1) is 15.3. The molecule has 0 unspecified atom stereocenters. The monoisotopic (exact) mass is 339 g/mol. The lowest BCUT2D eigenvalue weighted by atomic mass is 10.0. The van der Waals surface area contributed by atoms with E-state index in [4.69, 9.17) is 33.7 Å². The summed E-state index contributed by atoms with van der Waals surface area (Å²) in [6.07, 6.45) is 1.74. The highest BCUT2D eigenvalue weighted by atomic mass is 35.5. The van der Waals surface area contributed by atoms with E-state index in [0.717, 1.165) is 16.5 Å². The first-order chi connectivity index (χ1) is 10.5. The summed E-state index contributed by atoms with van der Waals surface area (Å²) in [7, 11) is 1.51. The molecule has 22 heavy (non-hydrogen) atoms. The number of amides is 1. The van der Waals surface area contributed by atoms with Gasteiger partial charge in [0.25, 0.3) is 0 Å². The summed E-state index contributed by atoms with van der Waals surface area (Å²) in [6.45, 7) is 2.53. The van der Waals surface area contributed by atoms with Gasteiger partial charge < -0.3 is 15.4 Å². The number of nitrogen functional groups attached to an aromatic ring is 1. The Kier molecular flexibility index (Phi) is 3.89. The molecule has 0 radical (unpaired) electrons. The van der Waals surface area contributed by atoms with Crippen molar-refractivity contribution in [2.45, 2.75) is 19.5 Å². The fraction of sp³-hybridized carbons (Fsp3) is 0.333. The second kappa shape index (κ2) is 5.57. The minimum Gasteiger partial charge on any atom is -0.397 e. The van der Waals surface area contributed by atoms with Crippen LogP contribution in [0.1, 0.15) is 24.1 Å². The van der Waals surface area contributed by atoms with Gasteiger partial charge in [0.05, 0.1) is 27.3 Å². The number of halogens is 2. The second-order valence-corrected chi connectivity index (χ2v) is 6.07. The molecule has 1 atom stereocenters. The minimum absolute atomic E-state index is 0.0540. The van der Waals surface area contributed by atoms with E-state index in [9.17, 15) is 4.79 Å². The van der Waals surface area contributed by atoms with Crippen LogP contribution in [0.4, 0.5) is 5.69 Å². The summed E-state index contributed by atoms with van der Waals surface area (Å²) in [5.41, 5.74) is 8.94. The SMILES string of the molecule is COCC(=O)N1Cc2cnc3c(Cl)c(Cl)c(N)cc3c2[C@@H]1C. The van der Waals surface area contributed by atoms with E-state index >= 15 is 0 Å². The number of fused-ring (bicyclic) bond motifs is 3. The van der Waals surface area contributed by atoms with E-state index < -0.39 is 0 Å². The minimum atomic E-state index is -0.0974. The summed E-state index contributed by atoms with van der Waals surface area (Å²) in [5, 5.41) is 1.48. The molecule has 7 heteroatoms. The van der Waals surface area contributed by atoms with Crippen molar-refractivity contribution in [2.75, 3.05) is 19.5 Å². The van der Waals surface area contributed by atoms with E-state index in [1.807, 2.05) is 6.92 Å². The highest BCUT2D eigenvalue weighted by Gasteiger charge is 2.32. The third kappa shape index (κ3) is 2.20. The smallest absolute Gasteiger partial charge is 0.249 e. The summed E-state index contributed by atoms with van der Waals surface area (Å²) in [4.78, 5) is 18.3. The summed E-state index contributed by atoms with van der Waals surface area (Å²) in [6, 6.07) is 1.68. The molecule has 3 rings (SSSR count). The summed E-state index contributed by atoms with van der Waals surface area (Å²) >= 11 is 12.3. The van der Waals surface area contributed by atoms with Crippen LogP contribution in [0.2, 0.25) is 10.0 Å². The van der Waals surface area contributed by atoms with Gasteiger partial charge in [-0.05, 0) is 24.1 Å². The van der Waals surface area contributed by atoms with Crippen molar-refractivity contribution in [2.24, 2.45) is 0 Å². The molecule has 2 heterocycles. The second-order valence-electron chi connectivity index (χ2n) is 5.32. The van der Waals surface area contributed by atoms with Crippen molar-refractivity contribution in [1.82, 2.24) is 9.88 Å². The molecule has 0 saturated heterocycles. The van der Waals surface area contributed by atoms with Crippen LogP contribution in [-0.4, -0.2) is 29.5 Å². The zero-order valence-electron chi connectivity index (χ0n) is 12.2. The van der Waals surface area contributed by atoms with Crippen molar-refractivity contribution >= 4 is 45.7 Å². The number of hydrogen-bond donors (Lipinski definition) is 1. The number of anilines is 1. The normalized spacial score (nSPS) is 17.1. The Bertz CT molecular complexity index is 779. The largest absolute Gasteiger partial charge is 0.397 e. The molecule has 0 fully saturated rings. The fourth-order valence-electron chi connectivity index (χ4n) is 2.96. The third-order valence-electron chi connectivity index (χ3n) is 4.01. The first-order valence-corrected chi connectivity index (χ1v) is 7.54. The van der Waals surface area contributed by atoms with Crippen molar-refractivity contribution in [3.05, 3.63) is 33.4 Å². The Labute approximate surface area is 137 Å². The topological polar surface area (TPSA) is 68.5 Å².